The SMILES string of the molecule is CCCCCCCCCNC(C)C.CCCCCCCCCNCCCC. The lowest BCUT2D eigenvalue weighted by atomic mass is 10.1. The molecule has 2 nitrogen and oxygen atoms in total. The fourth-order valence-electron chi connectivity index (χ4n) is 3.11. The lowest BCUT2D eigenvalue weighted by Gasteiger charge is -2.07. The van der Waals surface area contributed by atoms with Gasteiger partial charge in [0.25, 0.3) is 0 Å². The standard InChI is InChI=1S/C13H29N.C12H27N/c1-3-5-7-8-9-10-11-13-14-12-6-4-2;1-4-5-6-7-8-9-10-11-13-12(2)3/h14H,3-13H2,1-2H3;12-13H,4-11H2,1-3H3. The lowest BCUT2D eigenvalue weighted by molar-refractivity contribution is 0.531. The molecule has 0 aliphatic heterocycles. The first-order valence-corrected chi connectivity index (χ1v) is 12.6. The second-order valence-electron chi connectivity index (χ2n) is 8.46. The first kappa shape index (κ1) is 29.1. The highest BCUT2D eigenvalue weighted by Crippen LogP contribution is 2.07. The molecule has 0 bridgehead atoms. The zero-order valence-corrected chi connectivity index (χ0v) is 20.0. The molecule has 0 heterocycles. The minimum atomic E-state index is 0.653. The van der Waals surface area contributed by atoms with Gasteiger partial charge < -0.3 is 10.6 Å². The second-order valence-corrected chi connectivity index (χ2v) is 8.46. The van der Waals surface area contributed by atoms with E-state index in [-0.39, 0.29) is 0 Å². The van der Waals surface area contributed by atoms with Crippen molar-refractivity contribution in [2.24, 2.45) is 0 Å². The van der Waals surface area contributed by atoms with Crippen molar-refractivity contribution in [3.63, 3.8) is 0 Å². The van der Waals surface area contributed by atoms with E-state index in [1.54, 1.807) is 0 Å². The van der Waals surface area contributed by atoms with Crippen LogP contribution in [0.25, 0.3) is 0 Å². The van der Waals surface area contributed by atoms with Crippen molar-refractivity contribution in [3.05, 3.63) is 0 Å². The molecule has 0 aliphatic rings. The van der Waals surface area contributed by atoms with Crippen LogP contribution in [0.3, 0.4) is 0 Å². The van der Waals surface area contributed by atoms with Gasteiger partial charge in [0.05, 0.1) is 0 Å². The van der Waals surface area contributed by atoms with Crippen LogP contribution < -0.4 is 10.6 Å². The van der Waals surface area contributed by atoms with E-state index in [4.69, 9.17) is 0 Å². The molecule has 0 unspecified atom stereocenters. The van der Waals surface area contributed by atoms with E-state index in [9.17, 15) is 0 Å². The molecule has 0 saturated carbocycles. The fraction of sp³-hybridized carbons (Fsp3) is 1.00. The number of hydrogen-bond donors (Lipinski definition) is 2. The summed E-state index contributed by atoms with van der Waals surface area (Å²) in [6, 6.07) is 0.653. The molecular formula is C25H56N2. The van der Waals surface area contributed by atoms with Crippen LogP contribution in [-0.2, 0) is 0 Å². The Morgan fingerprint density at radius 3 is 1.26 bits per heavy atom. The molecule has 0 aliphatic carbocycles. The van der Waals surface area contributed by atoms with Crippen LogP contribution in [0.2, 0.25) is 0 Å². The highest BCUT2D eigenvalue weighted by Gasteiger charge is 1.93. The Balaban J connectivity index is 0. The van der Waals surface area contributed by atoms with Crippen LogP contribution in [0.1, 0.15) is 137 Å². The summed E-state index contributed by atoms with van der Waals surface area (Å²) in [6.45, 7) is 14.9. The first-order chi connectivity index (χ1) is 13.2. The van der Waals surface area contributed by atoms with Crippen molar-refractivity contribution in [3.8, 4) is 0 Å². The van der Waals surface area contributed by atoms with Crippen molar-refractivity contribution >= 4 is 0 Å². The van der Waals surface area contributed by atoms with Crippen molar-refractivity contribution < 1.29 is 0 Å². The van der Waals surface area contributed by atoms with Gasteiger partial charge in [-0.05, 0) is 38.9 Å². The Morgan fingerprint density at radius 1 is 0.444 bits per heavy atom. The van der Waals surface area contributed by atoms with E-state index in [1.807, 2.05) is 0 Å². The quantitative estimate of drug-likeness (QED) is 0.209. The number of nitrogens with one attached hydrogen (secondary N) is 2. The van der Waals surface area contributed by atoms with Gasteiger partial charge in [0.2, 0.25) is 0 Å². The lowest BCUT2D eigenvalue weighted by Crippen LogP contribution is -2.23. The summed E-state index contributed by atoms with van der Waals surface area (Å²) in [4.78, 5) is 0. The summed E-state index contributed by atoms with van der Waals surface area (Å²) in [7, 11) is 0. The fourth-order valence-corrected chi connectivity index (χ4v) is 3.11. The van der Waals surface area contributed by atoms with Crippen LogP contribution >= 0.6 is 0 Å². The molecule has 0 rings (SSSR count). The molecule has 0 aromatic heterocycles. The molecule has 0 aromatic carbocycles. The maximum Gasteiger partial charge on any atom is 0.00103 e. The molecular weight excluding hydrogens is 328 g/mol. The first-order valence-electron chi connectivity index (χ1n) is 12.6. The zero-order chi connectivity index (χ0) is 20.4. The van der Waals surface area contributed by atoms with E-state index < -0.39 is 0 Å². The zero-order valence-electron chi connectivity index (χ0n) is 20.0. The van der Waals surface area contributed by atoms with Crippen LogP contribution in [0.4, 0.5) is 0 Å². The summed E-state index contributed by atoms with van der Waals surface area (Å²) in [5.74, 6) is 0. The average molecular weight is 385 g/mol. The number of rotatable bonds is 20. The molecule has 0 amide bonds. The third-order valence-corrected chi connectivity index (χ3v) is 5.00. The smallest absolute Gasteiger partial charge is 0.00103 e. The van der Waals surface area contributed by atoms with Gasteiger partial charge in [-0.15, -0.1) is 0 Å². The molecule has 2 heteroatoms. The van der Waals surface area contributed by atoms with Gasteiger partial charge in [-0.25, -0.2) is 0 Å². The Hall–Kier alpha value is -0.0800. The molecule has 0 aromatic rings. The molecule has 0 saturated heterocycles. The summed E-state index contributed by atoms with van der Waals surface area (Å²) < 4.78 is 0. The Labute approximate surface area is 174 Å². The maximum absolute atomic E-state index is 3.49. The van der Waals surface area contributed by atoms with Gasteiger partial charge in [0.1, 0.15) is 0 Å². The van der Waals surface area contributed by atoms with Gasteiger partial charge in [-0.2, -0.15) is 0 Å². The normalized spacial score (nSPS) is 10.9. The van der Waals surface area contributed by atoms with E-state index in [0.717, 1.165) is 0 Å². The molecule has 2 N–H and O–H groups in total. The topological polar surface area (TPSA) is 24.1 Å². The van der Waals surface area contributed by atoms with E-state index in [2.05, 4.69) is 45.3 Å². The van der Waals surface area contributed by atoms with Crippen LogP contribution in [0, 0.1) is 0 Å². The van der Waals surface area contributed by atoms with Crippen molar-refractivity contribution in [1.82, 2.24) is 10.6 Å². The Kier molecular flexibility index (Phi) is 30.3. The third kappa shape index (κ3) is 33.9. The monoisotopic (exact) mass is 384 g/mol. The molecule has 166 valence electrons. The van der Waals surface area contributed by atoms with E-state index in [0.29, 0.717) is 6.04 Å². The summed E-state index contributed by atoms with van der Waals surface area (Å²) >= 11 is 0. The van der Waals surface area contributed by atoms with Crippen LogP contribution in [0.15, 0.2) is 0 Å². The predicted molar refractivity (Wildman–Crippen MR) is 127 cm³/mol. The predicted octanol–water partition coefficient (Wildman–Crippen LogP) is 7.86. The van der Waals surface area contributed by atoms with Crippen molar-refractivity contribution in [2.45, 2.75) is 143 Å². The van der Waals surface area contributed by atoms with Crippen LogP contribution in [-0.4, -0.2) is 25.7 Å². The third-order valence-electron chi connectivity index (χ3n) is 5.00. The maximum atomic E-state index is 3.49. The Bertz CT molecular complexity index is 216. The summed E-state index contributed by atoms with van der Waals surface area (Å²) in [5, 5.41) is 6.94. The average Bonchev–Trinajstić information content (AvgIpc) is 2.66. The summed E-state index contributed by atoms with van der Waals surface area (Å²) in [5.41, 5.74) is 0. The van der Waals surface area contributed by atoms with Crippen molar-refractivity contribution in [2.75, 3.05) is 19.6 Å². The van der Waals surface area contributed by atoms with Gasteiger partial charge in [0, 0.05) is 6.04 Å². The molecule has 0 atom stereocenters. The minimum Gasteiger partial charge on any atom is -0.317 e. The van der Waals surface area contributed by atoms with Gasteiger partial charge in [-0.3, -0.25) is 0 Å². The highest BCUT2D eigenvalue weighted by atomic mass is 14.9. The molecule has 0 fully saturated rings. The molecule has 0 radical (unpaired) electrons. The second kappa shape index (κ2) is 28.1. The van der Waals surface area contributed by atoms with Gasteiger partial charge >= 0.3 is 0 Å². The van der Waals surface area contributed by atoms with E-state index in [1.165, 1.54) is 122 Å². The van der Waals surface area contributed by atoms with E-state index >= 15 is 0 Å². The summed E-state index contributed by atoms with van der Waals surface area (Å²) in [6.07, 6.45) is 22.4. The van der Waals surface area contributed by atoms with Gasteiger partial charge in [0.15, 0.2) is 0 Å². The Morgan fingerprint density at radius 2 is 0.815 bits per heavy atom. The highest BCUT2D eigenvalue weighted by molar-refractivity contribution is 4.53. The molecule has 0 spiro atoms. The number of unbranched alkanes of at least 4 members (excludes halogenated alkanes) is 13. The number of hydrogen-bond acceptors (Lipinski definition) is 2. The molecule has 27 heavy (non-hydrogen) atoms. The van der Waals surface area contributed by atoms with Gasteiger partial charge in [-0.1, -0.05) is 118 Å². The van der Waals surface area contributed by atoms with Crippen LogP contribution in [0.5, 0.6) is 0 Å². The van der Waals surface area contributed by atoms with Crippen molar-refractivity contribution in [1.29, 1.82) is 0 Å². The minimum absolute atomic E-state index is 0.653. The largest absolute Gasteiger partial charge is 0.317 e.